The zero-order valence-electron chi connectivity index (χ0n) is 17.7. The summed E-state index contributed by atoms with van der Waals surface area (Å²) in [6.45, 7) is 11.9. The van der Waals surface area contributed by atoms with E-state index >= 15 is 0 Å². The van der Waals surface area contributed by atoms with E-state index in [9.17, 15) is 4.79 Å². The van der Waals surface area contributed by atoms with Crippen molar-refractivity contribution < 1.29 is 9.90 Å². The summed E-state index contributed by atoms with van der Waals surface area (Å²) in [4.78, 5) is 15.0. The van der Waals surface area contributed by atoms with E-state index in [1.807, 2.05) is 40.8 Å². The van der Waals surface area contributed by atoms with Gasteiger partial charge < -0.3 is 10.4 Å². The highest BCUT2D eigenvalue weighted by molar-refractivity contribution is 5.84. The van der Waals surface area contributed by atoms with Crippen molar-refractivity contribution in [2.75, 3.05) is 13.1 Å². The molecule has 28 heavy (non-hydrogen) atoms. The number of aryl methyl sites for hydroxylation is 1. The molecule has 2 rings (SSSR count). The normalized spacial score (nSPS) is 13.9. The summed E-state index contributed by atoms with van der Waals surface area (Å²) in [6.07, 6.45) is 5.90. The molecule has 1 aromatic heterocycles. The molecular formula is C21H35N5O2. The average Bonchev–Trinajstić information content (AvgIpc) is 2.70. The summed E-state index contributed by atoms with van der Waals surface area (Å²) >= 11 is 0. The number of amidine groups is 1. The second-order valence-electron chi connectivity index (χ2n) is 6.80. The lowest BCUT2D eigenvalue weighted by molar-refractivity contribution is -0.142. The van der Waals surface area contributed by atoms with Gasteiger partial charge in [0, 0.05) is 24.9 Å². The van der Waals surface area contributed by atoms with E-state index in [0.29, 0.717) is 6.42 Å². The Kier molecular flexibility index (Phi) is 13.4. The van der Waals surface area contributed by atoms with Crippen LogP contribution in [0.15, 0.2) is 29.5 Å². The molecule has 4 N–H and O–H groups in total. The Balaban J connectivity index is 0.000000478. The lowest BCUT2D eigenvalue weighted by atomic mass is 9.94. The third-order valence-corrected chi connectivity index (χ3v) is 4.03. The molecule has 0 fully saturated rings. The van der Waals surface area contributed by atoms with E-state index in [2.05, 4.69) is 33.6 Å². The van der Waals surface area contributed by atoms with Gasteiger partial charge in [-0.3, -0.25) is 15.2 Å². The number of carbonyl (C=O) groups is 1. The Hall–Kier alpha value is -2.41. The summed E-state index contributed by atoms with van der Waals surface area (Å²) in [6, 6.07) is 4.22. The third-order valence-electron chi connectivity index (χ3n) is 4.03. The summed E-state index contributed by atoms with van der Waals surface area (Å²) in [7, 11) is 0. The van der Waals surface area contributed by atoms with E-state index in [1.54, 1.807) is 0 Å². The van der Waals surface area contributed by atoms with Gasteiger partial charge in [-0.2, -0.15) is 0 Å². The first-order chi connectivity index (χ1) is 13.3. The van der Waals surface area contributed by atoms with Gasteiger partial charge in [0.15, 0.2) is 0 Å². The van der Waals surface area contributed by atoms with Crippen molar-refractivity contribution in [3.05, 3.63) is 35.7 Å². The van der Waals surface area contributed by atoms with Crippen LogP contribution >= 0.6 is 0 Å². The highest BCUT2D eigenvalue weighted by atomic mass is 16.4. The van der Waals surface area contributed by atoms with Gasteiger partial charge in [-0.25, -0.2) is 5.53 Å². The molecule has 0 unspecified atom stereocenters. The number of hydrogen-bond acceptors (Lipinski definition) is 5. The van der Waals surface area contributed by atoms with Crippen LogP contribution in [0.3, 0.4) is 0 Å². The number of hydrogen-bond donors (Lipinski definition) is 4. The van der Waals surface area contributed by atoms with Crippen molar-refractivity contribution in [1.29, 1.82) is 10.9 Å². The molecule has 0 spiro atoms. The molecule has 0 radical (unpaired) electrons. The molecule has 0 saturated carbocycles. The summed E-state index contributed by atoms with van der Waals surface area (Å²) in [5.74, 6) is -1.39. The van der Waals surface area contributed by atoms with Crippen LogP contribution in [0.4, 0.5) is 0 Å². The van der Waals surface area contributed by atoms with Crippen LogP contribution in [-0.2, 0) is 4.79 Å². The molecule has 156 valence electrons. The SMILES string of the molecule is CC.CC(C)C[C@@H](CC(=N)N=N)C(=O)O.Cc1ccc(C2=CCNCC2)cn1. The molecule has 0 amide bonds. The molecule has 0 aliphatic carbocycles. The number of aromatic nitrogens is 1. The molecule has 0 saturated heterocycles. The van der Waals surface area contributed by atoms with Gasteiger partial charge in [-0.05, 0) is 49.4 Å². The maximum atomic E-state index is 10.7. The van der Waals surface area contributed by atoms with Crippen LogP contribution in [0.1, 0.15) is 58.2 Å². The summed E-state index contributed by atoms with van der Waals surface area (Å²) in [5.41, 5.74) is 10.3. The molecule has 7 nitrogen and oxygen atoms in total. The molecular weight excluding hydrogens is 354 g/mol. The number of carboxylic acid groups (broad SMARTS) is 1. The van der Waals surface area contributed by atoms with Crippen molar-refractivity contribution in [2.24, 2.45) is 17.0 Å². The second-order valence-corrected chi connectivity index (χ2v) is 6.80. The van der Waals surface area contributed by atoms with Gasteiger partial charge >= 0.3 is 5.97 Å². The molecule has 7 heteroatoms. The minimum Gasteiger partial charge on any atom is -0.481 e. The van der Waals surface area contributed by atoms with E-state index in [1.165, 1.54) is 11.1 Å². The second kappa shape index (κ2) is 14.6. The van der Waals surface area contributed by atoms with Gasteiger partial charge in [-0.15, -0.1) is 5.11 Å². The standard InChI is InChI=1S/C11H14N2.C8H15N3O2.C2H6/c1-9-2-3-11(8-13-9)10-4-6-12-7-5-10;1-5(2)3-6(8(12)13)4-7(9)11-10;1-2/h2-4,8,12H,5-7H2,1H3;5-6,9-10H,3-4H2,1-2H3,(H,12,13);1-2H3/t;6-;/m.0./s1. The predicted molar refractivity (Wildman–Crippen MR) is 114 cm³/mol. The highest BCUT2D eigenvalue weighted by Gasteiger charge is 2.20. The van der Waals surface area contributed by atoms with Gasteiger partial charge in [-0.1, -0.05) is 39.8 Å². The van der Waals surface area contributed by atoms with Gasteiger partial charge in [0.05, 0.1) is 5.92 Å². The fourth-order valence-corrected chi connectivity index (χ4v) is 2.66. The number of nitrogens with zero attached hydrogens (tertiary/aromatic N) is 2. The van der Waals surface area contributed by atoms with Crippen molar-refractivity contribution >= 4 is 17.4 Å². The zero-order valence-corrected chi connectivity index (χ0v) is 17.7. The van der Waals surface area contributed by atoms with Crippen molar-refractivity contribution in [2.45, 2.75) is 53.9 Å². The molecule has 0 bridgehead atoms. The Morgan fingerprint density at radius 3 is 2.46 bits per heavy atom. The van der Waals surface area contributed by atoms with Crippen molar-refractivity contribution in [3.63, 3.8) is 0 Å². The summed E-state index contributed by atoms with van der Waals surface area (Å²) < 4.78 is 0. The number of rotatable bonds is 6. The molecule has 2 heterocycles. The summed E-state index contributed by atoms with van der Waals surface area (Å²) in [5, 5.41) is 22.0. The number of aliphatic carboxylic acids is 1. The lowest BCUT2D eigenvalue weighted by Crippen LogP contribution is -2.20. The zero-order chi connectivity index (χ0) is 21.5. The van der Waals surface area contributed by atoms with Crippen LogP contribution in [0, 0.1) is 29.7 Å². The van der Waals surface area contributed by atoms with Crippen LogP contribution in [0.2, 0.25) is 0 Å². The van der Waals surface area contributed by atoms with E-state index in [4.69, 9.17) is 16.0 Å². The fraction of sp³-hybridized carbons (Fsp3) is 0.571. The quantitative estimate of drug-likeness (QED) is 0.313. The Labute approximate surface area is 168 Å². The number of pyridine rings is 1. The van der Waals surface area contributed by atoms with Crippen LogP contribution < -0.4 is 5.32 Å². The van der Waals surface area contributed by atoms with E-state index < -0.39 is 11.9 Å². The molecule has 1 atom stereocenters. The maximum Gasteiger partial charge on any atom is 0.306 e. The van der Waals surface area contributed by atoms with Crippen LogP contribution in [0.25, 0.3) is 5.57 Å². The number of nitrogens with one attached hydrogen (secondary N) is 3. The predicted octanol–water partition coefficient (Wildman–Crippen LogP) is 4.92. The van der Waals surface area contributed by atoms with Crippen LogP contribution in [-0.4, -0.2) is 35.0 Å². The Morgan fingerprint density at radius 1 is 1.36 bits per heavy atom. The Morgan fingerprint density at radius 2 is 2.04 bits per heavy atom. The first-order valence-corrected chi connectivity index (χ1v) is 9.84. The van der Waals surface area contributed by atoms with E-state index in [-0.39, 0.29) is 18.2 Å². The fourth-order valence-electron chi connectivity index (χ4n) is 2.66. The van der Waals surface area contributed by atoms with E-state index in [0.717, 1.165) is 25.2 Å². The van der Waals surface area contributed by atoms with Crippen LogP contribution in [0.5, 0.6) is 0 Å². The minimum absolute atomic E-state index is 0.0526. The number of carboxylic acids is 1. The minimum atomic E-state index is -0.915. The molecule has 1 aliphatic heterocycles. The molecule has 1 aliphatic rings. The lowest BCUT2D eigenvalue weighted by Gasteiger charge is -2.13. The Bertz CT molecular complexity index is 639. The van der Waals surface area contributed by atoms with Gasteiger partial charge in [0.1, 0.15) is 5.84 Å². The largest absolute Gasteiger partial charge is 0.481 e. The monoisotopic (exact) mass is 389 g/mol. The third kappa shape index (κ3) is 10.7. The first-order valence-electron chi connectivity index (χ1n) is 9.84. The van der Waals surface area contributed by atoms with Gasteiger partial charge in [0.25, 0.3) is 0 Å². The maximum absolute atomic E-state index is 10.7. The first kappa shape index (κ1) is 25.6. The topological polar surface area (TPSA) is 122 Å². The average molecular weight is 390 g/mol. The molecule has 0 aromatic carbocycles. The highest BCUT2D eigenvalue weighted by Crippen LogP contribution is 2.18. The smallest absolute Gasteiger partial charge is 0.306 e. The van der Waals surface area contributed by atoms with Crippen molar-refractivity contribution in [1.82, 2.24) is 10.3 Å². The molecule has 1 aromatic rings. The van der Waals surface area contributed by atoms with Gasteiger partial charge in [0.2, 0.25) is 0 Å². The van der Waals surface area contributed by atoms with Crippen molar-refractivity contribution in [3.8, 4) is 0 Å².